The van der Waals surface area contributed by atoms with Gasteiger partial charge in [-0.2, -0.15) is 0 Å². The predicted octanol–water partition coefficient (Wildman–Crippen LogP) is 2.92. The van der Waals surface area contributed by atoms with Gasteiger partial charge in [-0.05, 0) is 62.4 Å². The number of carbonyl (C=O) groups excluding carboxylic acids is 1. The van der Waals surface area contributed by atoms with E-state index in [1.165, 1.54) is 12.8 Å². The van der Waals surface area contributed by atoms with Crippen molar-refractivity contribution >= 4 is 18.0 Å². The second kappa shape index (κ2) is 7.34. The molecule has 1 aliphatic heterocycles. The summed E-state index contributed by atoms with van der Waals surface area (Å²) in [6, 6.07) is 8.14. The molecule has 4 nitrogen and oxygen atoms in total. The van der Waals surface area contributed by atoms with E-state index in [0.717, 1.165) is 50.2 Å². The fourth-order valence-electron chi connectivity index (χ4n) is 3.26. The van der Waals surface area contributed by atoms with Gasteiger partial charge in [-0.25, -0.2) is 0 Å². The summed E-state index contributed by atoms with van der Waals surface area (Å²) >= 11 is 6.58. The number of amides is 1. The van der Waals surface area contributed by atoms with Crippen molar-refractivity contribution < 1.29 is 9.53 Å². The zero-order valence-electron chi connectivity index (χ0n) is 12.7. The Hall–Kier alpha value is -1.26. The first-order valence-electron chi connectivity index (χ1n) is 8.08. The molecule has 1 aromatic carbocycles. The van der Waals surface area contributed by atoms with Crippen LogP contribution in [0.25, 0.3) is 0 Å². The number of hydrogen-bond donors (Lipinski definition) is 1. The third-order valence-electron chi connectivity index (χ3n) is 4.58. The lowest BCUT2D eigenvalue weighted by Gasteiger charge is -2.35. The van der Waals surface area contributed by atoms with Crippen LogP contribution in [-0.2, 0) is 4.79 Å². The molecule has 120 valence electrons. The van der Waals surface area contributed by atoms with Gasteiger partial charge >= 0.3 is 0 Å². The van der Waals surface area contributed by atoms with Gasteiger partial charge in [0.15, 0.2) is 0 Å². The predicted molar refractivity (Wildman–Crippen MR) is 87.0 cm³/mol. The number of hydrogen-bond acceptors (Lipinski definition) is 3. The maximum Gasteiger partial charge on any atom is 0.207 e. The van der Waals surface area contributed by atoms with E-state index in [1.54, 1.807) is 0 Å². The maximum absolute atomic E-state index is 10.3. The summed E-state index contributed by atoms with van der Waals surface area (Å²) in [6.07, 6.45) is 5.49. The molecule has 2 fully saturated rings. The van der Waals surface area contributed by atoms with Crippen molar-refractivity contribution in [3.63, 3.8) is 0 Å². The summed E-state index contributed by atoms with van der Waals surface area (Å²) < 4.78 is 6.02. The molecular weight excluding hydrogens is 300 g/mol. The number of ether oxygens (including phenoxy) is 1. The molecule has 1 saturated carbocycles. The van der Waals surface area contributed by atoms with Crippen LogP contribution in [0, 0.1) is 5.92 Å². The second-order valence-electron chi connectivity index (χ2n) is 6.25. The Bertz CT molecular complexity index is 499. The Labute approximate surface area is 136 Å². The summed E-state index contributed by atoms with van der Waals surface area (Å²) in [5.74, 6) is 1.44. The van der Waals surface area contributed by atoms with Gasteiger partial charge < -0.3 is 10.1 Å². The average Bonchev–Trinajstić information content (AvgIpc) is 3.03. The first-order valence-corrected chi connectivity index (χ1v) is 8.51. The molecule has 2 aliphatic rings. The fourth-order valence-corrected chi connectivity index (χ4v) is 3.59. The quantitative estimate of drug-likeness (QED) is 0.477. The highest BCUT2D eigenvalue weighted by molar-refractivity contribution is 6.20. The van der Waals surface area contributed by atoms with Gasteiger partial charge in [0.1, 0.15) is 11.3 Å². The minimum atomic E-state index is -0.0584. The minimum absolute atomic E-state index is 0.0584. The van der Waals surface area contributed by atoms with Gasteiger partial charge in [0.05, 0.1) is 6.10 Å². The minimum Gasteiger partial charge on any atom is -0.490 e. The second-order valence-corrected chi connectivity index (χ2v) is 6.67. The molecule has 1 atom stereocenters. The highest BCUT2D eigenvalue weighted by Crippen LogP contribution is 2.34. The summed E-state index contributed by atoms with van der Waals surface area (Å²) in [5, 5.41) is 2.73. The first-order chi connectivity index (χ1) is 10.8. The number of alkyl halides is 1. The molecule has 1 heterocycles. The number of carbonyl (C=O) groups is 1. The Balaban J connectivity index is 1.52. The third-order valence-corrected chi connectivity index (χ3v) is 5.11. The van der Waals surface area contributed by atoms with Crippen molar-refractivity contribution in [3.05, 3.63) is 29.8 Å². The molecule has 0 aromatic heterocycles. The van der Waals surface area contributed by atoms with Gasteiger partial charge in [-0.1, -0.05) is 12.1 Å². The van der Waals surface area contributed by atoms with Crippen LogP contribution < -0.4 is 10.1 Å². The molecule has 22 heavy (non-hydrogen) atoms. The van der Waals surface area contributed by atoms with Gasteiger partial charge in [0.25, 0.3) is 0 Å². The third kappa shape index (κ3) is 3.73. The maximum atomic E-state index is 10.3. The van der Waals surface area contributed by atoms with Crippen molar-refractivity contribution in [1.82, 2.24) is 10.2 Å². The largest absolute Gasteiger partial charge is 0.490 e. The fraction of sp³-hybridized carbons (Fsp3) is 0.588. The summed E-state index contributed by atoms with van der Waals surface area (Å²) in [7, 11) is 0. The van der Waals surface area contributed by atoms with E-state index in [1.807, 2.05) is 12.1 Å². The zero-order chi connectivity index (χ0) is 15.4. The molecule has 1 N–H and O–H groups in total. The standard InChI is InChI=1S/C17H23ClN2O2/c18-17(20-6-1-2-7-20)14-4-3-5-15(10-14)22-16-8-13(9-16)11-19-12-21/h3-5,10,12-13,16-17H,1-2,6-9,11H2,(H,19,21). The van der Waals surface area contributed by atoms with E-state index >= 15 is 0 Å². The van der Waals surface area contributed by atoms with Gasteiger partial charge in [0.2, 0.25) is 6.41 Å². The van der Waals surface area contributed by atoms with E-state index in [0.29, 0.717) is 5.92 Å². The average molecular weight is 323 g/mol. The van der Waals surface area contributed by atoms with Crippen LogP contribution >= 0.6 is 11.6 Å². The van der Waals surface area contributed by atoms with Gasteiger partial charge in [-0.3, -0.25) is 9.69 Å². The molecule has 1 saturated heterocycles. The Morgan fingerprint density at radius 3 is 2.86 bits per heavy atom. The van der Waals surface area contributed by atoms with Gasteiger partial charge in [-0.15, -0.1) is 11.6 Å². The van der Waals surface area contributed by atoms with Crippen molar-refractivity contribution in [1.29, 1.82) is 0 Å². The number of nitrogens with zero attached hydrogens (tertiary/aromatic N) is 1. The van der Waals surface area contributed by atoms with Crippen LogP contribution in [0.4, 0.5) is 0 Å². The first kappa shape index (κ1) is 15.6. The van der Waals surface area contributed by atoms with Gasteiger partial charge in [0, 0.05) is 6.54 Å². The lowest BCUT2D eigenvalue weighted by molar-refractivity contribution is -0.110. The van der Waals surface area contributed by atoms with Crippen LogP contribution in [0.5, 0.6) is 5.75 Å². The Morgan fingerprint density at radius 1 is 1.36 bits per heavy atom. The molecule has 0 radical (unpaired) electrons. The van der Waals surface area contributed by atoms with Crippen molar-refractivity contribution in [2.75, 3.05) is 19.6 Å². The number of nitrogens with one attached hydrogen (secondary N) is 1. The van der Waals surface area contributed by atoms with Crippen molar-refractivity contribution in [3.8, 4) is 5.75 Å². The molecule has 3 rings (SSSR count). The van der Waals surface area contributed by atoms with Crippen LogP contribution in [0.1, 0.15) is 36.7 Å². The lowest BCUT2D eigenvalue weighted by atomic mass is 9.82. The van der Waals surface area contributed by atoms with Crippen LogP contribution in [-0.4, -0.2) is 37.0 Å². The SMILES string of the molecule is O=CNCC1CC(Oc2cccc(C(Cl)N3CCCC3)c2)C1. The smallest absolute Gasteiger partial charge is 0.207 e. The number of rotatable bonds is 7. The molecular formula is C17H23ClN2O2. The molecule has 1 amide bonds. The Morgan fingerprint density at radius 2 is 2.14 bits per heavy atom. The molecule has 0 spiro atoms. The molecule has 1 aromatic rings. The molecule has 0 bridgehead atoms. The number of halogens is 1. The summed E-state index contributed by atoms with van der Waals surface area (Å²) in [4.78, 5) is 12.6. The van der Waals surface area contributed by atoms with E-state index in [-0.39, 0.29) is 11.6 Å². The summed E-state index contributed by atoms with van der Waals surface area (Å²) in [5.41, 5.74) is 1.05. The normalized spacial score (nSPS) is 26.2. The lowest BCUT2D eigenvalue weighted by Crippen LogP contribution is -2.39. The van der Waals surface area contributed by atoms with Crippen molar-refractivity contribution in [2.45, 2.75) is 37.3 Å². The Kier molecular flexibility index (Phi) is 5.21. The summed E-state index contributed by atoms with van der Waals surface area (Å²) in [6.45, 7) is 2.91. The number of likely N-dealkylation sites (tertiary alicyclic amines) is 1. The van der Waals surface area contributed by atoms with Crippen molar-refractivity contribution in [2.24, 2.45) is 5.92 Å². The number of benzene rings is 1. The zero-order valence-corrected chi connectivity index (χ0v) is 13.5. The monoisotopic (exact) mass is 322 g/mol. The van der Waals surface area contributed by atoms with E-state index in [9.17, 15) is 4.79 Å². The highest BCUT2D eigenvalue weighted by Gasteiger charge is 2.30. The molecule has 5 heteroatoms. The highest BCUT2D eigenvalue weighted by atomic mass is 35.5. The molecule has 1 unspecified atom stereocenters. The molecule has 1 aliphatic carbocycles. The van der Waals surface area contributed by atoms with Crippen LogP contribution in [0.3, 0.4) is 0 Å². The van der Waals surface area contributed by atoms with E-state index < -0.39 is 0 Å². The van der Waals surface area contributed by atoms with Crippen LogP contribution in [0.2, 0.25) is 0 Å². The van der Waals surface area contributed by atoms with Crippen LogP contribution in [0.15, 0.2) is 24.3 Å². The van der Waals surface area contributed by atoms with E-state index in [4.69, 9.17) is 16.3 Å². The topological polar surface area (TPSA) is 41.6 Å². The van der Waals surface area contributed by atoms with E-state index in [2.05, 4.69) is 22.3 Å².